The zero-order valence-electron chi connectivity index (χ0n) is 6.69. The fourth-order valence-electron chi connectivity index (χ4n) is 0.880. The molecule has 0 spiro atoms. The average molecular weight is 191 g/mol. The predicted octanol–water partition coefficient (Wildman–Crippen LogP) is -0.743. The second-order valence-electron chi connectivity index (χ2n) is 2.34. The van der Waals surface area contributed by atoms with Crippen molar-refractivity contribution >= 4 is 12.1 Å². The van der Waals surface area contributed by atoms with Crippen molar-refractivity contribution in [1.82, 2.24) is 0 Å². The summed E-state index contributed by atoms with van der Waals surface area (Å²) < 4.78 is 13.6. The molecule has 1 aliphatic heterocycles. The Hall–Kier alpha value is -1.34. The van der Waals surface area contributed by atoms with Crippen LogP contribution in [0.5, 0.6) is 0 Å². The molecule has 7 nitrogen and oxygen atoms in total. The SMILES string of the molecule is NC(=O)C1(OC(=O)O)OCCCO1. The molecule has 0 aromatic carbocycles. The van der Waals surface area contributed by atoms with Crippen LogP contribution in [0.4, 0.5) is 4.79 Å². The van der Waals surface area contributed by atoms with Gasteiger partial charge in [0.2, 0.25) is 0 Å². The van der Waals surface area contributed by atoms with E-state index >= 15 is 0 Å². The molecular weight excluding hydrogens is 182 g/mol. The number of ether oxygens (including phenoxy) is 3. The zero-order valence-corrected chi connectivity index (χ0v) is 6.69. The van der Waals surface area contributed by atoms with Gasteiger partial charge in [0.15, 0.2) is 0 Å². The van der Waals surface area contributed by atoms with Gasteiger partial charge in [0, 0.05) is 0 Å². The van der Waals surface area contributed by atoms with Crippen molar-refractivity contribution in [3.63, 3.8) is 0 Å². The minimum Gasteiger partial charge on any atom is -0.450 e. The Labute approximate surface area is 73.4 Å². The average Bonchev–Trinajstić information content (AvgIpc) is 2.04. The molecule has 0 aliphatic carbocycles. The molecule has 13 heavy (non-hydrogen) atoms. The summed E-state index contributed by atoms with van der Waals surface area (Å²) in [5.41, 5.74) is 4.87. The highest BCUT2D eigenvalue weighted by Gasteiger charge is 2.46. The Morgan fingerprint density at radius 3 is 2.31 bits per heavy atom. The van der Waals surface area contributed by atoms with E-state index in [0.717, 1.165) is 0 Å². The number of hydrogen-bond donors (Lipinski definition) is 2. The smallest absolute Gasteiger partial charge is 0.450 e. The van der Waals surface area contributed by atoms with Crippen LogP contribution in [0.3, 0.4) is 0 Å². The van der Waals surface area contributed by atoms with Gasteiger partial charge in [-0.15, -0.1) is 0 Å². The predicted molar refractivity (Wildman–Crippen MR) is 37.6 cm³/mol. The van der Waals surface area contributed by atoms with Crippen molar-refractivity contribution in [2.75, 3.05) is 13.2 Å². The maximum absolute atomic E-state index is 10.8. The number of amides is 1. The first-order chi connectivity index (χ1) is 6.07. The van der Waals surface area contributed by atoms with Crippen LogP contribution >= 0.6 is 0 Å². The summed E-state index contributed by atoms with van der Waals surface area (Å²) in [6.45, 7) is 0.326. The fourth-order valence-corrected chi connectivity index (χ4v) is 0.880. The molecule has 1 saturated heterocycles. The van der Waals surface area contributed by atoms with Gasteiger partial charge in [-0.3, -0.25) is 4.79 Å². The Balaban J connectivity index is 2.73. The lowest BCUT2D eigenvalue weighted by Crippen LogP contribution is -2.54. The third kappa shape index (κ3) is 2.07. The summed E-state index contributed by atoms with van der Waals surface area (Å²) in [6, 6.07) is 0. The molecule has 0 atom stereocenters. The van der Waals surface area contributed by atoms with E-state index in [-0.39, 0.29) is 13.2 Å². The molecule has 1 fully saturated rings. The summed E-state index contributed by atoms with van der Waals surface area (Å²) in [7, 11) is 0. The van der Waals surface area contributed by atoms with E-state index in [1.807, 2.05) is 0 Å². The molecule has 1 heterocycles. The number of primary amides is 1. The first-order valence-electron chi connectivity index (χ1n) is 3.56. The van der Waals surface area contributed by atoms with Crippen LogP contribution < -0.4 is 5.73 Å². The lowest BCUT2D eigenvalue weighted by Gasteiger charge is -2.31. The number of carboxylic acid groups (broad SMARTS) is 1. The Bertz CT molecular complexity index is 221. The Kier molecular flexibility index (Phi) is 2.69. The van der Waals surface area contributed by atoms with Crippen molar-refractivity contribution in [1.29, 1.82) is 0 Å². The minimum atomic E-state index is -2.26. The first kappa shape index (κ1) is 9.75. The molecule has 1 aliphatic rings. The second-order valence-corrected chi connectivity index (χ2v) is 2.34. The van der Waals surface area contributed by atoms with E-state index in [9.17, 15) is 9.59 Å². The Morgan fingerprint density at radius 2 is 1.92 bits per heavy atom. The third-order valence-electron chi connectivity index (χ3n) is 1.40. The van der Waals surface area contributed by atoms with Gasteiger partial charge in [-0.2, -0.15) is 0 Å². The molecule has 0 aromatic heterocycles. The summed E-state index contributed by atoms with van der Waals surface area (Å²) in [4.78, 5) is 21.0. The van der Waals surface area contributed by atoms with Gasteiger partial charge in [0.05, 0.1) is 13.2 Å². The number of rotatable bonds is 2. The van der Waals surface area contributed by atoms with Crippen LogP contribution in [0.1, 0.15) is 6.42 Å². The molecule has 3 N–H and O–H groups in total. The molecule has 0 unspecified atom stereocenters. The van der Waals surface area contributed by atoms with Crippen molar-refractivity contribution in [2.45, 2.75) is 12.4 Å². The molecule has 7 heteroatoms. The van der Waals surface area contributed by atoms with Gasteiger partial charge in [0.1, 0.15) is 0 Å². The van der Waals surface area contributed by atoms with E-state index in [1.54, 1.807) is 0 Å². The summed E-state index contributed by atoms with van der Waals surface area (Å²) in [5, 5.41) is 8.29. The normalized spacial score (nSPS) is 20.6. The first-order valence-corrected chi connectivity index (χ1v) is 3.56. The Morgan fingerprint density at radius 1 is 1.38 bits per heavy atom. The van der Waals surface area contributed by atoms with Crippen LogP contribution in [-0.4, -0.2) is 36.4 Å². The number of nitrogens with two attached hydrogens (primary N) is 1. The van der Waals surface area contributed by atoms with Crippen molar-refractivity contribution in [2.24, 2.45) is 5.73 Å². The van der Waals surface area contributed by atoms with Gasteiger partial charge in [-0.05, 0) is 6.42 Å². The van der Waals surface area contributed by atoms with Gasteiger partial charge in [-0.1, -0.05) is 0 Å². The van der Waals surface area contributed by atoms with E-state index < -0.39 is 18.0 Å². The van der Waals surface area contributed by atoms with Crippen molar-refractivity contribution < 1.29 is 28.9 Å². The largest absolute Gasteiger partial charge is 0.510 e. The molecule has 74 valence electrons. The minimum absolute atomic E-state index is 0.163. The zero-order chi connectivity index (χ0) is 9.90. The van der Waals surface area contributed by atoms with Gasteiger partial charge in [-0.25, -0.2) is 4.79 Å². The highest BCUT2D eigenvalue weighted by atomic mass is 16.9. The highest BCUT2D eigenvalue weighted by molar-refractivity contribution is 5.82. The second kappa shape index (κ2) is 3.58. The monoisotopic (exact) mass is 191 g/mol. The van der Waals surface area contributed by atoms with Crippen LogP contribution in [0.2, 0.25) is 0 Å². The van der Waals surface area contributed by atoms with E-state index in [0.29, 0.717) is 6.42 Å². The molecule has 0 aromatic rings. The summed E-state index contributed by atoms with van der Waals surface area (Å²) in [6.07, 6.45) is -1.13. The van der Waals surface area contributed by atoms with Crippen molar-refractivity contribution in [3.05, 3.63) is 0 Å². The van der Waals surface area contributed by atoms with Crippen LogP contribution in [0.15, 0.2) is 0 Å². The maximum atomic E-state index is 10.8. The molecule has 0 bridgehead atoms. The molecule has 0 saturated carbocycles. The quantitative estimate of drug-likeness (QED) is 0.556. The van der Waals surface area contributed by atoms with Crippen LogP contribution in [0.25, 0.3) is 0 Å². The van der Waals surface area contributed by atoms with Gasteiger partial charge >= 0.3 is 18.0 Å². The van der Waals surface area contributed by atoms with Crippen LogP contribution in [0, 0.1) is 0 Å². The standard InChI is InChI=1S/C6H9NO6/c7-4(8)6(13-5(9)10)11-2-1-3-12-6/h1-3H2,(H2,7,8)(H,9,10). The topological polar surface area (TPSA) is 108 Å². The molecule has 1 rings (SSSR count). The fraction of sp³-hybridized carbons (Fsp3) is 0.667. The third-order valence-corrected chi connectivity index (χ3v) is 1.40. The lowest BCUT2D eigenvalue weighted by molar-refractivity contribution is -0.352. The molecule has 1 amide bonds. The number of hydrogen-bond acceptors (Lipinski definition) is 5. The maximum Gasteiger partial charge on any atom is 0.510 e. The van der Waals surface area contributed by atoms with E-state index in [4.69, 9.17) is 20.3 Å². The van der Waals surface area contributed by atoms with E-state index in [1.165, 1.54) is 0 Å². The molecule has 0 radical (unpaired) electrons. The highest BCUT2D eigenvalue weighted by Crippen LogP contribution is 2.20. The van der Waals surface area contributed by atoms with Crippen LogP contribution in [-0.2, 0) is 19.0 Å². The van der Waals surface area contributed by atoms with E-state index in [2.05, 4.69) is 4.74 Å². The summed E-state index contributed by atoms with van der Waals surface area (Å²) in [5.74, 6) is -3.38. The molecular formula is C6H9NO6. The summed E-state index contributed by atoms with van der Waals surface area (Å²) >= 11 is 0. The van der Waals surface area contributed by atoms with Crippen molar-refractivity contribution in [3.8, 4) is 0 Å². The van der Waals surface area contributed by atoms with Gasteiger partial charge in [0.25, 0.3) is 0 Å². The lowest BCUT2D eigenvalue weighted by atomic mass is 10.4. The van der Waals surface area contributed by atoms with Gasteiger partial charge < -0.3 is 25.1 Å². The number of carbonyl (C=O) groups is 2. The number of carbonyl (C=O) groups excluding carboxylic acids is 1.